The monoisotopic (exact) mass is 282 g/mol. The number of alkyl halides is 4. The summed E-state index contributed by atoms with van der Waals surface area (Å²) in [5.74, 6) is -0.138. The van der Waals surface area contributed by atoms with Crippen LogP contribution in [0.25, 0.3) is 0 Å². The van der Waals surface area contributed by atoms with Gasteiger partial charge in [-0.15, -0.1) is 0 Å². The summed E-state index contributed by atoms with van der Waals surface area (Å²) >= 11 is 3.18. The summed E-state index contributed by atoms with van der Waals surface area (Å²) in [6, 6.07) is 4.11. The molecular weight excluding hydrogens is 273 g/mol. The molecule has 5 heteroatoms. The largest absolute Gasteiger partial charge is 0.496 e. The van der Waals surface area contributed by atoms with Crippen molar-refractivity contribution in [3.8, 4) is 5.75 Å². The molecule has 1 nitrogen and oxygen atoms in total. The van der Waals surface area contributed by atoms with E-state index < -0.39 is 11.7 Å². The number of rotatable bonds is 3. The van der Waals surface area contributed by atoms with E-state index in [1.807, 2.05) is 0 Å². The minimum absolute atomic E-state index is 0.138. The van der Waals surface area contributed by atoms with Gasteiger partial charge in [-0.2, -0.15) is 13.2 Å². The van der Waals surface area contributed by atoms with Crippen LogP contribution in [0.5, 0.6) is 5.75 Å². The van der Waals surface area contributed by atoms with Crippen LogP contribution in [0, 0.1) is 0 Å². The lowest BCUT2D eigenvalue weighted by molar-refractivity contribution is -0.138. The molecule has 0 atom stereocenters. The SMILES string of the molecule is COc1ccc(CCBr)cc1C(F)(F)F. The van der Waals surface area contributed by atoms with E-state index in [2.05, 4.69) is 20.7 Å². The van der Waals surface area contributed by atoms with Crippen LogP contribution < -0.4 is 4.74 Å². The second-order valence-electron chi connectivity index (χ2n) is 2.97. The molecule has 0 N–H and O–H groups in total. The fraction of sp³-hybridized carbons (Fsp3) is 0.400. The summed E-state index contributed by atoms with van der Waals surface area (Å²) in [5, 5.41) is 0.636. The Hall–Kier alpha value is -0.710. The number of benzene rings is 1. The molecule has 1 aromatic carbocycles. The molecule has 0 saturated heterocycles. The van der Waals surface area contributed by atoms with E-state index >= 15 is 0 Å². The molecule has 1 rings (SSSR count). The fourth-order valence-corrected chi connectivity index (χ4v) is 1.70. The van der Waals surface area contributed by atoms with Gasteiger partial charge in [-0.1, -0.05) is 22.0 Å². The quantitative estimate of drug-likeness (QED) is 0.769. The molecule has 0 aliphatic carbocycles. The van der Waals surface area contributed by atoms with Gasteiger partial charge in [0.1, 0.15) is 5.75 Å². The van der Waals surface area contributed by atoms with Crippen molar-refractivity contribution < 1.29 is 17.9 Å². The summed E-state index contributed by atoms with van der Waals surface area (Å²) in [5.41, 5.74) is -0.0801. The molecule has 0 aliphatic rings. The van der Waals surface area contributed by atoms with E-state index in [0.717, 1.165) is 6.07 Å². The Balaban J connectivity index is 3.13. The Bertz CT molecular complexity index is 336. The third-order valence-corrected chi connectivity index (χ3v) is 2.35. The molecule has 15 heavy (non-hydrogen) atoms. The topological polar surface area (TPSA) is 9.23 Å². The van der Waals surface area contributed by atoms with Gasteiger partial charge in [0.15, 0.2) is 0 Å². The van der Waals surface area contributed by atoms with Crippen LogP contribution in [0.1, 0.15) is 11.1 Å². The molecule has 0 radical (unpaired) electrons. The molecule has 0 amide bonds. The van der Waals surface area contributed by atoms with E-state index in [4.69, 9.17) is 0 Å². The van der Waals surface area contributed by atoms with Gasteiger partial charge in [-0.05, 0) is 24.1 Å². The summed E-state index contributed by atoms with van der Waals surface area (Å²) in [4.78, 5) is 0. The van der Waals surface area contributed by atoms with Crippen molar-refractivity contribution in [2.75, 3.05) is 12.4 Å². The number of methoxy groups -OCH3 is 1. The first kappa shape index (κ1) is 12.4. The zero-order valence-electron chi connectivity index (χ0n) is 8.07. The zero-order chi connectivity index (χ0) is 11.5. The smallest absolute Gasteiger partial charge is 0.419 e. The Morgan fingerprint density at radius 1 is 1.33 bits per heavy atom. The van der Waals surface area contributed by atoms with Gasteiger partial charge in [-0.25, -0.2) is 0 Å². The Labute approximate surface area is 94.4 Å². The summed E-state index contributed by atoms with van der Waals surface area (Å²) in [6.07, 6.45) is -3.80. The number of aryl methyl sites for hydroxylation is 1. The Morgan fingerprint density at radius 2 is 2.00 bits per heavy atom. The second-order valence-corrected chi connectivity index (χ2v) is 3.76. The average Bonchev–Trinajstić information content (AvgIpc) is 2.17. The van der Waals surface area contributed by atoms with Gasteiger partial charge < -0.3 is 4.74 Å². The molecule has 0 fully saturated rings. The number of hydrogen-bond acceptors (Lipinski definition) is 1. The van der Waals surface area contributed by atoms with Crippen LogP contribution in [-0.4, -0.2) is 12.4 Å². The van der Waals surface area contributed by atoms with Crippen LogP contribution in [0.2, 0.25) is 0 Å². The molecule has 1 aromatic rings. The van der Waals surface area contributed by atoms with Crippen molar-refractivity contribution in [2.24, 2.45) is 0 Å². The zero-order valence-corrected chi connectivity index (χ0v) is 9.65. The minimum Gasteiger partial charge on any atom is -0.496 e. The first-order valence-corrected chi connectivity index (χ1v) is 5.41. The minimum atomic E-state index is -4.37. The molecule has 0 unspecified atom stereocenters. The molecule has 0 saturated carbocycles. The lowest BCUT2D eigenvalue weighted by Gasteiger charge is -2.13. The fourth-order valence-electron chi connectivity index (χ4n) is 1.24. The number of halogens is 4. The van der Waals surface area contributed by atoms with Crippen LogP contribution in [0.3, 0.4) is 0 Å². The normalized spacial score (nSPS) is 11.5. The van der Waals surface area contributed by atoms with Gasteiger partial charge in [0.05, 0.1) is 12.7 Å². The summed E-state index contributed by atoms with van der Waals surface area (Å²) < 4.78 is 42.4. The lowest BCUT2D eigenvalue weighted by Crippen LogP contribution is -2.08. The van der Waals surface area contributed by atoms with Crippen LogP contribution in [0.4, 0.5) is 13.2 Å². The predicted octanol–water partition coefficient (Wildman–Crippen LogP) is 3.65. The van der Waals surface area contributed by atoms with Crippen molar-refractivity contribution >= 4 is 15.9 Å². The van der Waals surface area contributed by atoms with E-state index in [1.54, 1.807) is 6.07 Å². The van der Waals surface area contributed by atoms with Crippen molar-refractivity contribution in [1.29, 1.82) is 0 Å². The third kappa shape index (κ3) is 3.12. The van der Waals surface area contributed by atoms with Gasteiger partial charge >= 0.3 is 6.18 Å². The van der Waals surface area contributed by atoms with Crippen molar-refractivity contribution in [3.63, 3.8) is 0 Å². The lowest BCUT2D eigenvalue weighted by atomic mass is 10.1. The molecule has 0 spiro atoms. The highest BCUT2D eigenvalue weighted by Gasteiger charge is 2.34. The highest BCUT2D eigenvalue weighted by molar-refractivity contribution is 9.09. The first-order chi connectivity index (χ1) is 6.99. The van der Waals surface area contributed by atoms with Gasteiger partial charge in [-0.3, -0.25) is 0 Å². The van der Waals surface area contributed by atoms with Crippen molar-refractivity contribution in [1.82, 2.24) is 0 Å². The Morgan fingerprint density at radius 3 is 2.47 bits per heavy atom. The molecule has 84 valence electrons. The van der Waals surface area contributed by atoms with Crippen LogP contribution in [0.15, 0.2) is 18.2 Å². The summed E-state index contributed by atoms with van der Waals surface area (Å²) in [7, 11) is 1.23. The van der Waals surface area contributed by atoms with E-state index in [1.165, 1.54) is 13.2 Å². The van der Waals surface area contributed by atoms with Gasteiger partial charge in [0, 0.05) is 5.33 Å². The second kappa shape index (κ2) is 4.88. The molecule has 0 aromatic heterocycles. The summed E-state index contributed by atoms with van der Waals surface area (Å²) in [6.45, 7) is 0. The van der Waals surface area contributed by atoms with Crippen LogP contribution >= 0.6 is 15.9 Å². The van der Waals surface area contributed by atoms with E-state index in [0.29, 0.717) is 17.3 Å². The van der Waals surface area contributed by atoms with Gasteiger partial charge in [0.25, 0.3) is 0 Å². The predicted molar refractivity (Wildman–Crippen MR) is 55.5 cm³/mol. The molecule has 0 heterocycles. The van der Waals surface area contributed by atoms with Crippen molar-refractivity contribution in [3.05, 3.63) is 29.3 Å². The molecule has 0 bridgehead atoms. The van der Waals surface area contributed by atoms with E-state index in [9.17, 15) is 13.2 Å². The molecular formula is C10H10BrF3O. The van der Waals surface area contributed by atoms with Crippen LogP contribution in [-0.2, 0) is 12.6 Å². The maximum Gasteiger partial charge on any atom is 0.419 e. The third-order valence-electron chi connectivity index (χ3n) is 1.95. The maximum atomic E-state index is 12.6. The molecule has 0 aliphatic heterocycles. The van der Waals surface area contributed by atoms with Crippen molar-refractivity contribution in [2.45, 2.75) is 12.6 Å². The standard InChI is InChI=1S/C10H10BrF3O/c1-15-9-3-2-7(4-5-11)6-8(9)10(12,13)14/h2-3,6H,4-5H2,1H3. The number of ether oxygens (including phenoxy) is 1. The highest BCUT2D eigenvalue weighted by atomic mass is 79.9. The maximum absolute atomic E-state index is 12.6. The first-order valence-electron chi connectivity index (χ1n) is 4.29. The highest BCUT2D eigenvalue weighted by Crippen LogP contribution is 2.36. The Kier molecular flexibility index (Phi) is 4.02. The average molecular weight is 283 g/mol. The van der Waals surface area contributed by atoms with E-state index in [-0.39, 0.29) is 5.75 Å². The van der Waals surface area contributed by atoms with Gasteiger partial charge in [0.2, 0.25) is 0 Å². The number of hydrogen-bond donors (Lipinski definition) is 0.